The molecule has 0 amide bonds. The molecule has 0 saturated carbocycles. The van der Waals surface area contributed by atoms with Crippen molar-refractivity contribution in [2.75, 3.05) is 0 Å². The second-order valence-electron chi connectivity index (χ2n) is 26.9. The normalized spacial score (nSPS) is 14.2. The van der Waals surface area contributed by atoms with Gasteiger partial charge in [0.2, 0.25) is 0 Å². The number of allylic oxidation sites excluding steroid dienone is 1. The van der Waals surface area contributed by atoms with E-state index in [4.69, 9.17) is 0 Å². The first-order valence-corrected chi connectivity index (χ1v) is 43.7. The lowest BCUT2D eigenvalue weighted by molar-refractivity contribution is 0.519. The molecule has 82 heavy (non-hydrogen) atoms. The Hall–Kier alpha value is -0.880. The van der Waals surface area contributed by atoms with Gasteiger partial charge in [0.05, 0.1) is 0 Å². The number of hydrogen-bond acceptors (Lipinski definition) is 0. The van der Waals surface area contributed by atoms with E-state index in [1.54, 1.807) is 34.3 Å². The summed E-state index contributed by atoms with van der Waals surface area (Å²) in [5, 5.41) is 3.72. The molecular formula is C78H136P4. The van der Waals surface area contributed by atoms with Gasteiger partial charge in [0, 0.05) is 15.6 Å². The first-order chi connectivity index (χ1) is 40.7. The molecule has 0 fully saturated rings. The molecule has 5 unspecified atom stereocenters. The minimum atomic E-state index is -0.318. The number of aryl methyl sites for hydroxylation is 4. The average Bonchev–Trinajstić information content (AvgIpc) is 1.88. The van der Waals surface area contributed by atoms with Crippen molar-refractivity contribution >= 4 is 51.8 Å². The highest BCUT2D eigenvalue weighted by molar-refractivity contribution is 8.18. The lowest BCUT2D eigenvalue weighted by Gasteiger charge is -2.25. The molecule has 1 aliphatic carbocycles. The maximum Gasteiger partial charge on any atom is 0.0498 e. The predicted molar refractivity (Wildman–Crippen MR) is 385 cm³/mol. The molecule has 468 valence electrons. The summed E-state index contributed by atoms with van der Waals surface area (Å²) in [6, 6.07) is 12.1. The first-order valence-electron chi connectivity index (χ1n) is 37.4. The molecule has 0 radical (unpaired) electrons. The number of rotatable bonds is 59. The van der Waals surface area contributed by atoms with Gasteiger partial charge in [0.15, 0.2) is 0 Å². The molecule has 4 aromatic rings. The third-order valence-corrected chi connectivity index (χ3v) is 33.4. The number of hydrogen-bond donors (Lipinski definition) is 0. The van der Waals surface area contributed by atoms with Gasteiger partial charge in [-0.1, -0.05) is 401 Å². The zero-order valence-electron chi connectivity index (χ0n) is 55.3. The predicted octanol–water partition coefficient (Wildman–Crippen LogP) is 31.0. The highest BCUT2D eigenvalue weighted by Crippen LogP contribution is 2.78. The summed E-state index contributed by atoms with van der Waals surface area (Å²) >= 11 is 0. The van der Waals surface area contributed by atoms with Crippen LogP contribution in [-0.4, -0.2) is 0 Å². The van der Waals surface area contributed by atoms with Gasteiger partial charge in [-0.3, -0.25) is 0 Å². The van der Waals surface area contributed by atoms with Crippen LogP contribution in [0.3, 0.4) is 0 Å². The summed E-state index contributed by atoms with van der Waals surface area (Å²) in [5.41, 5.74) is 8.92. The third kappa shape index (κ3) is 29.4. The highest BCUT2D eigenvalue weighted by atomic mass is 31.9. The Kier molecular flexibility index (Phi) is 43.0. The Balaban J connectivity index is 1.09. The zero-order valence-corrected chi connectivity index (χ0v) is 59.0. The van der Waals surface area contributed by atoms with Gasteiger partial charge in [-0.05, 0) is 95.7 Å². The van der Waals surface area contributed by atoms with Gasteiger partial charge in [-0.15, -0.1) is 8.19 Å². The SMILES string of the molecule is CCCCCCCCCCCCCCCCCCCCCCCCp1c2c(CCCCCCCCCCCC)cp(C3C(c4[pH]ccc4C)=Cc4ccccc43)c2p1CCCCCCCCCCCCCCCCCCCCCCCC. The summed E-state index contributed by atoms with van der Waals surface area (Å²) in [5.74, 6) is 5.49. The standard InChI is InChI=1S/C78H136P4/c1-5-8-11-14-17-20-23-25-27-29-31-33-35-37-39-41-43-45-48-51-54-59-66-81-76-72(62-56-53-50-47-22-19-16-13-10-7-3)69-80(77-73-63-58-57-61-71(73)68-74(77)75-70(4)64-65-79-75)78(76)82(81)67-60-55-52-49-46-44-42-40-38-36-34-32-30-28-26-24-21-18-15-12-9-6-2/h57-58,61,63-65,68-69,77,79H,5-56,59-60,62,66-67H2,1-4H3. The molecule has 1 aromatic carbocycles. The molecule has 0 nitrogen and oxygen atoms in total. The van der Waals surface area contributed by atoms with E-state index in [1.165, 1.54) is 359 Å². The topological polar surface area (TPSA) is 0 Å². The Morgan fingerprint density at radius 1 is 0.366 bits per heavy atom. The Labute approximate surface area is 516 Å². The molecule has 1 aliphatic rings. The monoisotopic (exact) mass is 1200 g/mol. The maximum absolute atomic E-state index is 3.02. The van der Waals surface area contributed by atoms with Crippen LogP contribution in [-0.2, 0) is 18.7 Å². The Morgan fingerprint density at radius 2 is 0.695 bits per heavy atom. The maximum atomic E-state index is 3.02. The molecule has 0 bridgehead atoms. The van der Waals surface area contributed by atoms with E-state index in [-0.39, 0.29) is 22.0 Å². The molecule has 0 spiro atoms. The van der Waals surface area contributed by atoms with Crippen LogP contribution in [0.15, 0.2) is 41.9 Å². The molecule has 0 saturated heterocycles. The van der Waals surface area contributed by atoms with Gasteiger partial charge >= 0.3 is 0 Å². The second kappa shape index (κ2) is 49.1. The molecule has 5 rings (SSSR count). The fraction of sp³-hybridized carbons (Fsp3) is 0.795. The van der Waals surface area contributed by atoms with E-state index in [2.05, 4.69) is 80.5 Å². The number of unbranched alkanes of at least 4 members (excludes halogenated alkanes) is 51. The molecule has 3 heterocycles. The van der Waals surface area contributed by atoms with Crippen LogP contribution in [0.1, 0.15) is 401 Å². The quantitative estimate of drug-likeness (QED) is 0.0387. The highest BCUT2D eigenvalue weighted by Gasteiger charge is 2.34. The van der Waals surface area contributed by atoms with Crippen molar-refractivity contribution < 1.29 is 0 Å². The van der Waals surface area contributed by atoms with Crippen molar-refractivity contribution in [2.45, 2.75) is 399 Å². The summed E-state index contributed by atoms with van der Waals surface area (Å²) in [4.78, 5) is 2.10. The molecule has 4 heteroatoms. The minimum absolute atomic E-state index is 0.0209. The fourth-order valence-corrected chi connectivity index (χ4v) is 31.2. The Bertz CT molecular complexity index is 2100. The van der Waals surface area contributed by atoms with Gasteiger partial charge in [0.1, 0.15) is 0 Å². The largest absolute Gasteiger partial charge is 0.132 e. The van der Waals surface area contributed by atoms with Crippen LogP contribution in [0, 0.1) is 6.92 Å². The van der Waals surface area contributed by atoms with Crippen molar-refractivity contribution in [3.63, 3.8) is 0 Å². The molecular weight excluding hydrogens is 1060 g/mol. The van der Waals surface area contributed by atoms with E-state index in [0.29, 0.717) is 5.66 Å². The van der Waals surface area contributed by atoms with Gasteiger partial charge < -0.3 is 0 Å². The van der Waals surface area contributed by atoms with Crippen molar-refractivity contribution in [1.82, 2.24) is 0 Å². The van der Waals surface area contributed by atoms with Gasteiger partial charge in [-0.2, -0.15) is 0 Å². The van der Waals surface area contributed by atoms with E-state index >= 15 is 0 Å². The summed E-state index contributed by atoms with van der Waals surface area (Å²) in [6.07, 6.45) is 86.5. The number of fused-ring (bicyclic) bond motifs is 2. The molecule has 3 aromatic heterocycles. The Morgan fingerprint density at radius 3 is 1.05 bits per heavy atom. The van der Waals surface area contributed by atoms with Gasteiger partial charge in [0.25, 0.3) is 0 Å². The smallest absolute Gasteiger partial charge is 0.0498 e. The van der Waals surface area contributed by atoms with E-state index in [1.807, 2.05) is 10.7 Å². The zero-order chi connectivity index (χ0) is 57.6. The van der Waals surface area contributed by atoms with E-state index < -0.39 is 0 Å². The van der Waals surface area contributed by atoms with Crippen LogP contribution in [0.4, 0.5) is 0 Å². The number of benzene rings is 1. The lowest BCUT2D eigenvalue weighted by Crippen LogP contribution is -1.92. The lowest BCUT2D eigenvalue weighted by atomic mass is 10.0. The summed E-state index contributed by atoms with van der Waals surface area (Å²) < 4.78 is 0. The summed E-state index contributed by atoms with van der Waals surface area (Å²) in [7, 11) is 0.576. The van der Waals surface area contributed by atoms with E-state index in [9.17, 15) is 0 Å². The average molecular weight is 1200 g/mol. The van der Waals surface area contributed by atoms with Crippen molar-refractivity contribution in [3.05, 3.63) is 69.5 Å². The molecule has 5 atom stereocenters. The van der Waals surface area contributed by atoms with Crippen LogP contribution in [0.2, 0.25) is 0 Å². The summed E-state index contributed by atoms with van der Waals surface area (Å²) in [6.45, 7) is 9.40. The van der Waals surface area contributed by atoms with Crippen LogP contribution < -0.4 is 0 Å². The molecule has 0 N–H and O–H groups in total. The second-order valence-corrected chi connectivity index (χ2v) is 36.7. The van der Waals surface area contributed by atoms with Crippen molar-refractivity contribution in [1.29, 1.82) is 0 Å². The minimum Gasteiger partial charge on any atom is -0.132 e. The molecule has 0 aliphatic heterocycles. The van der Waals surface area contributed by atoms with Crippen LogP contribution in [0.25, 0.3) is 21.6 Å². The van der Waals surface area contributed by atoms with E-state index in [0.717, 1.165) is 8.19 Å². The third-order valence-electron chi connectivity index (χ3n) is 19.5. The van der Waals surface area contributed by atoms with Crippen LogP contribution in [0.5, 0.6) is 0 Å². The first kappa shape index (κ1) is 71.9. The van der Waals surface area contributed by atoms with Gasteiger partial charge in [-0.25, -0.2) is 0 Å². The van der Waals surface area contributed by atoms with Crippen molar-refractivity contribution in [3.8, 4) is 0 Å². The van der Waals surface area contributed by atoms with Crippen LogP contribution >= 0.6 is 30.1 Å². The fourth-order valence-electron chi connectivity index (χ4n) is 14.2. The van der Waals surface area contributed by atoms with Crippen molar-refractivity contribution in [2.24, 2.45) is 0 Å².